The van der Waals surface area contributed by atoms with Crippen LogP contribution in [0.1, 0.15) is 201 Å². The Balaban J connectivity index is 1.67. The normalized spacial score (nSPS) is 30.8. The lowest BCUT2D eigenvalue weighted by atomic mass is 9.88. The van der Waals surface area contributed by atoms with E-state index in [0.717, 1.165) is 58.3 Å². The third-order valence-corrected chi connectivity index (χ3v) is 15.6. The van der Waals surface area contributed by atoms with Gasteiger partial charge < -0.3 is 100 Å². The molecule has 2 amide bonds. The maximum atomic E-state index is 13.3. The first-order chi connectivity index (χ1) is 37.9. The summed E-state index contributed by atoms with van der Waals surface area (Å²) < 4.78 is 34.7. The number of rotatable bonds is 43. The molecule has 14 N–H and O–H groups in total. The summed E-state index contributed by atoms with van der Waals surface area (Å²) in [6.45, 7) is 2.15. The van der Waals surface area contributed by atoms with E-state index >= 15 is 0 Å². The van der Waals surface area contributed by atoms with Crippen molar-refractivity contribution in [2.24, 2.45) is 0 Å². The molecular weight excluding hydrogens is 1040 g/mol. The summed E-state index contributed by atoms with van der Waals surface area (Å²) in [7, 11) is 0. The summed E-state index contributed by atoms with van der Waals surface area (Å²) >= 11 is 0. The van der Waals surface area contributed by atoms with Crippen molar-refractivity contribution < 1.29 is 104 Å². The van der Waals surface area contributed by atoms with Crippen molar-refractivity contribution in [3.8, 4) is 0 Å². The maximum absolute atomic E-state index is 13.3. The zero-order valence-corrected chi connectivity index (χ0v) is 47.5. The first-order valence-electron chi connectivity index (χ1n) is 29.9. The molecule has 0 radical (unpaired) electrons. The van der Waals surface area contributed by atoms with Crippen LogP contribution in [0.15, 0.2) is 0 Å². The zero-order chi connectivity index (χ0) is 58.3. The molecule has 3 heterocycles. The Hall–Kier alpha value is -2.27. The molecule has 464 valence electrons. The summed E-state index contributed by atoms with van der Waals surface area (Å²) in [6.07, 6.45) is 0.0205. The molecule has 18 unspecified atom stereocenters. The van der Waals surface area contributed by atoms with E-state index in [1.807, 2.05) is 0 Å². The number of amides is 2. The first kappa shape index (κ1) is 71.0. The van der Waals surface area contributed by atoms with Gasteiger partial charge in [0, 0.05) is 19.8 Å². The van der Waals surface area contributed by atoms with Crippen LogP contribution in [-0.4, -0.2) is 215 Å². The Kier molecular flexibility index (Phi) is 35.3. The highest BCUT2D eigenvalue weighted by atomic mass is 16.8. The molecule has 3 aliphatic heterocycles. The summed E-state index contributed by atoms with van der Waals surface area (Å²) in [4.78, 5) is 38.3. The monoisotopic (exact) mass is 1140 g/mol. The summed E-state index contributed by atoms with van der Waals surface area (Å²) in [5.41, 5.74) is 0. The number of aliphatic hydroxyl groups is 11. The molecule has 3 aliphatic rings. The number of carbonyl (C=O) groups is 3. The number of carbonyl (C=O) groups excluding carboxylic acids is 2. The number of hydrogen-bond acceptors (Lipinski definition) is 20. The standard InChI is InChI=1S/C56H104N2O21/c1-4-6-8-10-12-14-16-17-18-19-20-21-23-25-27-29-38(63)37(58-43(66)30-28-26-24-22-15-13-11-9-7-5-2)35-74-53-48(70)47(69)50(42(34-61)76-53)77-54-49(71)52(46(68)41(33-60)75-54)79-56(55(72)73)31-39(64)44(57-36(3)62)51(78-56)45(67)40(65)32-59/h37-42,44-54,59-61,63-65,67-71H,4-35H2,1-3H3,(H,57,62)(H,58,66)(H,72,73). The Morgan fingerprint density at radius 2 is 1.10 bits per heavy atom. The average Bonchev–Trinajstić information content (AvgIpc) is 3.52. The molecular formula is C56H104N2O21. The topological polar surface area (TPSA) is 373 Å². The minimum atomic E-state index is -3.07. The smallest absolute Gasteiger partial charge is 0.364 e. The van der Waals surface area contributed by atoms with Crippen LogP contribution in [0.2, 0.25) is 0 Å². The number of carboxylic acids is 1. The van der Waals surface area contributed by atoms with E-state index in [1.54, 1.807) is 0 Å². The predicted molar refractivity (Wildman–Crippen MR) is 288 cm³/mol. The molecule has 23 heteroatoms. The largest absolute Gasteiger partial charge is 0.477 e. The second kappa shape index (κ2) is 39.3. The van der Waals surface area contributed by atoms with Gasteiger partial charge in [-0.1, -0.05) is 168 Å². The Bertz CT molecular complexity index is 1640. The van der Waals surface area contributed by atoms with E-state index < -0.39 is 148 Å². The number of unbranched alkanes of at least 4 members (excludes halogenated alkanes) is 23. The van der Waals surface area contributed by atoms with Crippen LogP contribution in [0.5, 0.6) is 0 Å². The quantitative estimate of drug-likeness (QED) is 0.0389. The minimum Gasteiger partial charge on any atom is -0.477 e. The van der Waals surface area contributed by atoms with Crippen molar-refractivity contribution in [3.63, 3.8) is 0 Å². The van der Waals surface area contributed by atoms with Gasteiger partial charge in [-0.05, 0) is 12.8 Å². The zero-order valence-electron chi connectivity index (χ0n) is 47.5. The van der Waals surface area contributed by atoms with Crippen molar-refractivity contribution in [2.45, 2.75) is 310 Å². The van der Waals surface area contributed by atoms with Gasteiger partial charge in [0.25, 0.3) is 5.79 Å². The lowest BCUT2D eigenvalue weighted by molar-refractivity contribution is -0.386. The lowest BCUT2D eigenvalue weighted by Crippen LogP contribution is -2.70. The van der Waals surface area contributed by atoms with Crippen LogP contribution in [0.4, 0.5) is 0 Å². The summed E-state index contributed by atoms with van der Waals surface area (Å²) in [6, 6.07) is -2.52. The van der Waals surface area contributed by atoms with Gasteiger partial charge in [-0.25, -0.2) is 4.79 Å². The summed E-state index contributed by atoms with van der Waals surface area (Å²) in [5, 5.41) is 135. The third kappa shape index (κ3) is 24.1. The first-order valence-corrected chi connectivity index (χ1v) is 29.9. The molecule has 0 aromatic rings. The predicted octanol–water partition coefficient (Wildman–Crippen LogP) is 2.22. The Morgan fingerprint density at radius 3 is 1.58 bits per heavy atom. The molecule has 0 spiro atoms. The van der Waals surface area contributed by atoms with Gasteiger partial charge in [0.05, 0.1) is 50.7 Å². The number of hydrogen-bond donors (Lipinski definition) is 14. The minimum absolute atomic E-state index is 0.227. The molecule has 3 rings (SSSR count). The lowest BCUT2D eigenvalue weighted by Gasteiger charge is -2.50. The number of aliphatic hydroxyl groups excluding tert-OH is 11. The Labute approximate surface area is 468 Å². The van der Waals surface area contributed by atoms with Crippen LogP contribution < -0.4 is 10.6 Å². The van der Waals surface area contributed by atoms with E-state index in [2.05, 4.69) is 24.5 Å². The number of nitrogens with one attached hydrogen (secondary N) is 2. The van der Waals surface area contributed by atoms with Crippen LogP contribution in [0.3, 0.4) is 0 Å². The number of carboxylic acid groups (broad SMARTS) is 1. The number of ether oxygens (including phenoxy) is 6. The maximum Gasteiger partial charge on any atom is 0.364 e. The van der Waals surface area contributed by atoms with Crippen molar-refractivity contribution in [2.75, 3.05) is 26.4 Å². The van der Waals surface area contributed by atoms with Gasteiger partial charge in [-0.15, -0.1) is 0 Å². The van der Waals surface area contributed by atoms with Crippen molar-refractivity contribution in [1.82, 2.24) is 10.6 Å². The van der Waals surface area contributed by atoms with Gasteiger partial charge in [-0.2, -0.15) is 0 Å². The van der Waals surface area contributed by atoms with Crippen LogP contribution >= 0.6 is 0 Å². The van der Waals surface area contributed by atoms with Crippen LogP contribution in [0.25, 0.3) is 0 Å². The number of aliphatic carboxylic acids is 1. The van der Waals surface area contributed by atoms with Crippen LogP contribution in [-0.2, 0) is 42.8 Å². The van der Waals surface area contributed by atoms with Gasteiger partial charge in [0.1, 0.15) is 67.1 Å². The van der Waals surface area contributed by atoms with Crippen molar-refractivity contribution in [3.05, 3.63) is 0 Å². The highest BCUT2D eigenvalue weighted by Crippen LogP contribution is 2.38. The molecule has 0 aromatic carbocycles. The van der Waals surface area contributed by atoms with Gasteiger partial charge in [-0.3, -0.25) is 9.59 Å². The molecule has 23 nitrogen and oxygen atoms in total. The van der Waals surface area contributed by atoms with E-state index in [-0.39, 0.29) is 18.9 Å². The van der Waals surface area contributed by atoms with Crippen molar-refractivity contribution >= 4 is 17.8 Å². The third-order valence-electron chi connectivity index (χ3n) is 15.6. The SMILES string of the molecule is CCCCCCCCCCCCCCCCCC(O)C(COC1OC(CO)C(OC2OC(CO)C(O)C(OC3(C(=O)O)CC(O)C(NC(C)=O)C(C(O)C(O)CO)O3)C2O)C(O)C1O)NC(=O)CCCCCCCCCCCC. The Morgan fingerprint density at radius 1 is 0.608 bits per heavy atom. The molecule has 18 atom stereocenters. The van der Waals surface area contributed by atoms with E-state index in [4.69, 9.17) is 28.4 Å². The molecule has 0 saturated carbocycles. The fraction of sp³-hybridized carbons (Fsp3) is 0.946. The van der Waals surface area contributed by atoms with E-state index in [0.29, 0.717) is 19.3 Å². The second-order valence-electron chi connectivity index (χ2n) is 22.2. The highest BCUT2D eigenvalue weighted by molar-refractivity contribution is 5.77. The van der Waals surface area contributed by atoms with E-state index in [9.17, 15) is 75.7 Å². The van der Waals surface area contributed by atoms with E-state index in [1.165, 1.54) is 96.3 Å². The van der Waals surface area contributed by atoms with Gasteiger partial charge >= 0.3 is 5.97 Å². The fourth-order valence-electron chi connectivity index (χ4n) is 10.7. The highest BCUT2D eigenvalue weighted by Gasteiger charge is 2.60. The van der Waals surface area contributed by atoms with Gasteiger partial charge in [0.2, 0.25) is 11.8 Å². The summed E-state index contributed by atoms with van der Waals surface area (Å²) in [5.74, 6) is -6.10. The van der Waals surface area contributed by atoms with Gasteiger partial charge in [0.15, 0.2) is 12.6 Å². The average molecular weight is 1140 g/mol. The molecule has 79 heavy (non-hydrogen) atoms. The fourth-order valence-corrected chi connectivity index (χ4v) is 10.7. The molecule has 0 aromatic heterocycles. The van der Waals surface area contributed by atoms with Crippen LogP contribution in [0, 0.1) is 0 Å². The molecule has 3 fully saturated rings. The molecule has 0 bridgehead atoms. The second-order valence-corrected chi connectivity index (χ2v) is 22.2. The molecule has 3 saturated heterocycles. The van der Waals surface area contributed by atoms with Crippen molar-refractivity contribution in [1.29, 1.82) is 0 Å². The molecule has 0 aliphatic carbocycles.